The highest BCUT2D eigenvalue weighted by atomic mass is 32.5. The third kappa shape index (κ3) is 4.81. The summed E-state index contributed by atoms with van der Waals surface area (Å²) in [5, 5.41) is 0. The fourth-order valence-corrected chi connectivity index (χ4v) is 7.17. The lowest BCUT2D eigenvalue weighted by Gasteiger charge is -2.27. The lowest BCUT2D eigenvalue weighted by molar-refractivity contribution is -0.0536. The van der Waals surface area contributed by atoms with E-state index in [1.165, 1.54) is 34.4 Å². The third-order valence-corrected chi connectivity index (χ3v) is 9.22. The van der Waals surface area contributed by atoms with E-state index >= 15 is 8.78 Å². The number of ether oxygens (including phenoxy) is 2. The molecule has 3 fully saturated rings. The number of fused-ring (bicyclic) bond motifs is 4. The average Bonchev–Trinajstić information content (AvgIpc) is 3.71. The second-order valence-electron chi connectivity index (χ2n) is 9.50. The van der Waals surface area contributed by atoms with Crippen LogP contribution in [-0.2, 0) is 39.4 Å². The van der Waals surface area contributed by atoms with Crippen LogP contribution in [0, 0.1) is 0 Å². The van der Waals surface area contributed by atoms with Crippen LogP contribution in [0.15, 0.2) is 25.3 Å². The molecule has 5 N–H and O–H groups in total. The molecule has 3 aliphatic rings. The summed E-state index contributed by atoms with van der Waals surface area (Å²) < 4.78 is 68.6. The quantitative estimate of drug-likeness (QED) is 0.257. The zero-order valence-electron chi connectivity index (χ0n) is 21.1. The Morgan fingerprint density at radius 1 is 0.857 bits per heavy atom. The van der Waals surface area contributed by atoms with Crippen molar-refractivity contribution in [1.82, 2.24) is 39.0 Å². The molecule has 4 aromatic rings. The molecule has 0 bridgehead atoms. The molecule has 0 amide bonds. The monoisotopic (exact) mass is 646 g/mol. The third-order valence-electron chi connectivity index (χ3n) is 7.00. The summed E-state index contributed by atoms with van der Waals surface area (Å²) in [4.78, 5) is 35.2. The number of nitrogens with two attached hydrogens (primary N) is 2. The van der Waals surface area contributed by atoms with E-state index in [-0.39, 0.29) is 40.6 Å². The van der Waals surface area contributed by atoms with Crippen LogP contribution < -0.4 is 11.5 Å². The van der Waals surface area contributed by atoms with Crippen molar-refractivity contribution in [1.29, 1.82) is 0 Å². The average molecular weight is 646 g/mol. The Balaban J connectivity index is 1.11. The van der Waals surface area contributed by atoms with Crippen LogP contribution in [0.5, 0.6) is 0 Å². The highest BCUT2D eigenvalue weighted by molar-refractivity contribution is 8.07. The molecule has 0 saturated carbocycles. The van der Waals surface area contributed by atoms with Gasteiger partial charge in [-0.2, -0.15) is 0 Å². The maximum Gasteiger partial charge on any atom is 0.325 e. The van der Waals surface area contributed by atoms with Gasteiger partial charge in [0.15, 0.2) is 56.8 Å². The Kier molecular flexibility index (Phi) is 7.25. The highest BCUT2D eigenvalue weighted by Crippen LogP contribution is 2.51. The van der Waals surface area contributed by atoms with Crippen molar-refractivity contribution in [2.75, 3.05) is 24.7 Å². The predicted molar refractivity (Wildman–Crippen MR) is 144 cm³/mol. The number of anilines is 2. The van der Waals surface area contributed by atoms with Crippen molar-refractivity contribution in [2.45, 2.75) is 49.2 Å². The van der Waals surface area contributed by atoms with Crippen molar-refractivity contribution in [3.05, 3.63) is 25.3 Å². The van der Waals surface area contributed by atoms with E-state index in [0.29, 0.717) is 0 Å². The van der Waals surface area contributed by atoms with Crippen molar-refractivity contribution in [3.63, 3.8) is 0 Å². The minimum atomic E-state index is -4.12. The molecule has 224 valence electrons. The Morgan fingerprint density at radius 2 is 1.40 bits per heavy atom. The van der Waals surface area contributed by atoms with E-state index in [4.69, 9.17) is 50.8 Å². The van der Waals surface area contributed by atoms with Gasteiger partial charge in [-0.1, -0.05) is 0 Å². The topological polar surface area (TPSA) is 215 Å². The van der Waals surface area contributed by atoms with E-state index in [0.717, 1.165) is 0 Å². The molecular formula is C20H22F2N10O7P2S. The summed E-state index contributed by atoms with van der Waals surface area (Å²) in [7, 11) is -0.697. The number of nitrogen functional groups attached to an aromatic ring is 2. The summed E-state index contributed by atoms with van der Waals surface area (Å²) in [6, 6.07) is 0. The molecule has 10 atom stereocenters. The summed E-state index contributed by atoms with van der Waals surface area (Å²) in [6.07, 6.45) is -5.83. The molecule has 0 aliphatic carbocycles. The Bertz CT molecular complexity index is 1690. The lowest BCUT2D eigenvalue weighted by Crippen LogP contribution is -2.36. The van der Waals surface area contributed by atoms with Gasteiger partial charge >= 0.3 is 6.72 Å². The van der Waals surface area contributed by atoms with Gasteiger partial charge in [0.25, 0.3) is 0 Å². The molecular weight excluding hydrogens is 624 g/mol. The SMILES string of the molecule is Nc1ncnc2c1ncn2[C@@H]1O[C@@H]2COP(O)(=S)O[C@H]3[C@@H](F)[C@H](n4cnc5c(N)ncnc54)O[C@@H]3COPO[C@H]2[C@H]1F. The molecule has 22 heteroatoms. The fourth-order valence-electron chi connectivity index (χ4n) is 5.04. The molecule has 4 aromatic heterocycles. The maximum absolute atomic E-state index is 15.9. The first-order valence-electron chi connectivity index (χ1n) is 12.3. The zero-order valence-corrected chi connectivity index (χ0v) is 23.8. The Labute approximate surface area is 241 Å². The highest BCUT2D eigenvalue weighted by Gasteiger charge is 2.52. The van der Waals surface area contributed by atoms with E-state index in [2.05, 4.69) is 29.9 Å². The zero-order chi connectivity index (χ0) is 29.2. The van der Waals surface area contributed by atoms with Gasteiger partial charge in [0, 0.05) is 0 Å². The molecule has 7 heterocycles. The molecule has 7 rings (SSSR count). The summed E-state index contributed by atoms with van der Waals surface area (Å²) in [5.74, 6) is 0.224. The number of hydrogen-bond donors (Lipinski definition) is 3. The van der Waals surface area contributed by atoms with Gasteiger partial charge in [-0.15, -0.1) is 0 Å². The van der Waals surface area contributed by atoms with E-state index in [9.17, 15) is 4.89 Å². The van der Waals surface area contributed by atoms with E-state index in [1.807, 2.05) is 0 Å². The van der Waals surface area contributed by atoms with Gasteiger partial charge in [-0.05, 0) is 11.8 Å². The van der Waals surface area contributed by atoms with Gasteiger partial charge in [0.1, 0.15) is 48.1 Å². The second-order valence-corrected chi connectivity index (χ2v) is 13.0. The maximum atomic E-state index is 15.9. The van der Waals surface area contributed by atoms with Gasteiger partial charge in [-0.3, -0.25) is 13.7 Å². The first-order valence-corrected chi connectivity index (χ1v) is 15.8. The lowest BCUT2D eigenvalue weighted by atomic mass is 10.1. The predicted octanol–water partition coefficient (Wildman–Crippen LogP) is 0.844. The molecule has 0 spiro atoms. The van der Waals surface area contributed by atoms with Crippen molar-refractivity contribution >= 4 is 61.5 Å². The van der Waals surface area contributed by atoms with E-state index in [1.54, 1.807) is 0 Å². The summed E-state index contributed by atoms with van der Waals surface area (Å²) >= 11 is 5.18. The second kappa shape index (κ2) is 10.8. The fraction of sp³-hybridized carbons (Fsp3) is 0.500. The number of rotatable bonds is 2. The molecule has 17 nitrogen and oxygen atoms in total. The first kappa shape index (κ1) is 28.1. The number of alkyl halides is 2. The number of imidazole rings is 2. The Morgan fingerprint density at radius 3 is 2.00 bits per heavy atom. The summed E-state index contributed by atoms with van der Waals surface area (Å²) in [6.45, 7) is -4.81. The molecule has 0 radical (unpaired) electrons. The molecule has 42 heavy (non-hydrogen) atoms. The number of nitrogens with zero attached hydrogens (tertiary/aromatic N) is 8. The molecule has 2 unspecified atom stereocenters. The molecule has 3 saturated heterocycles. The van der Waals surface area contributed by atoms with Gasteiger partial charge < -0.3 is 39.4 Å². The van der Waals surface area contributed by atoms with Gasteiger partial charge in [-0.25, -0.2) is 38.7 Å². The minimum Gasteiger partial charge on any atom is -0.382 e. The van der Waals surface area contributed by atoms with Crippen LogP contribution in [0.4, 0.5) is 20.4 Å². The minimum absolute atomic E-state index is 0.107. The number of aromatic nitrogens is 8. The number of halogens is 2. The van der Waals surface area contributed by atoms with E-state index < -0.39 is 71.6 Å². The van der Waals surface area contributed by atoms with Crippen LogP contribution in [0.25, 0.3) is 22.3 Å². The van der Waals surface area contributed by atoms with Crippen LogP contribution in [0.2, 0.25) is 0 Å². The van der Waals surface area contributed by atoms with Crippen molar-refractivity contribution in [3.8, 4) is 0 Å². The van der Waals surface area contributed by atoms with Crippen LogP contribution in [0.1, 0.15) is 12.5 Å². The Hall–Kier alpha value is -2.64. The standard InChI is InChI=1S/C20H22F2N10O7P2S/c21-9-13-8(37-19(9)31-5-29-11-15(23)25-3-27-17(11)31)2-35-41(33,42)39-14-7(1-34-40-38-13)36-20(10(14)22)32-6-30-12-16(24)26-4-28-18(12)32/h3-10,13-14,19-20,40H,1-2H2,(H,33,42)(H2,23,25,27)(H2,24,26,28)/t7-,8-,9-,10-,13-,14-,19-,20-,41?/m1/s1. The largest absolute Gasteiger partial charge is 0.382 e. The summed E-state index contributed by atoms with van der Waals surface area (Å²) in [5.41, 5.74) is 12.7. The first-order chi connectivity index (χ1) is 20.2. The molecule has 0 aromatic carbocycles. The number of hydrogen-bond acceptors (Lipinski definition) is 15. The molecule has 3 aliphatic heterocycles. The van der Waals surface area contributed by atoms with Crippen LogP contribution >= 0.6 is 15.8 Å². The smallest absolute Gasteiger partial charge is 0.325 e. The van der Waals surface area contributed by atoms with Crippen LogP contribution in [-0.4, -0.2) is 93.9 Å². The van der Waals surface area contributed by atoms with Crippen LogP contribution in [0.3, 0.4) is 0 Å². The van der Waals surface area contributed by atoms with Gasteiger partial charge in [0.2, 0.25) is 0 Å². The van der Waals surface area contributed by atoms with Crippen molar-refractivity contribution < 1.29 is 41.2 Å². The van der Waals surface area contributed by atoms with Gasteiger partial charge in [0.05, 0.1) is 25.9 Å². The normalized spacial score (nSPS) is 36.5. The van der Waals surface area contributed by atoms with Crippen molar-refractivity contribution in [2.24, 2.45) is 0 Å².